The molecule has 2 amide bonds. The number of hydrogen-bond acceptors (Lipinski definition) is 6. The van der Waals surface area contributed by atoms with Gasteiger partial charge in [0.1, 0.15) is 11.4 Å². The monoisotopic (exact) mass is 463 g/mol. The molecular formula is C23H25N7O2S. The number of nitrogens with one attached hydrogen (secondary N) is 2. The van der Waals surface area contributed by atoms with Gasteiger partial charge in [-0.05, 0) is 45.0 Å². The van der Waals surface area contributed by atoms with Crippen LogP contribution >= 0.6 is 11.3 Å². The van der Waals surface area contributed by atoms with Gasteiger partial charge in [-0.25, -0.2) is 9.97 Å². The van der Waals surface area contributed by atoms with E-state index in [4.69, 9.17) is 0 Å². The predicted molar refractivity (Wildman–Crippen MR) is 128 cm³/mol. The number of pyridine rings is 1. The second kappa shape index (κ2) is 8.99. The molecule has 33 heavy (non-hydrogen) atoms. The molecule has 0 atom stereocenters. The first-order valence-electron chi connectivity index (χ1n) is 10.4. The Balaban J connectivity index is 1.35. The van der Waals surface area contributed by atoms with Crippen molar-refractivity contribution >= 4 is 28.3 Å². The van der Waals surface area contributed by atoms with Gasteiger partial charge in [0, 0.05) is 36.6 Å². The molecule has 0 aliphatic carbocycles. The number of hydrogen-bond donors (Lipinski definition) is 2. The molecule has 0 fully saturated rings. The van der Waals surface area contributed by atoms with E-state index in [1.807, 2.05) is 53.7 Å². The number of nitrogens with zero attached hydrogens (tertiary/aromatic N) is 5. The van der Waals surface area contributed by atoms with E-state index in [9.17, 15) is 9.59 Å². The summed E-state index contributed by atoms with van der Waals surface area (Å²) in [6, 6.07) is 9.27. The van der Waals surface area contributed by atoms with E-state index in [1.54, 1.807) is 16.9 Å². The maximum atomic E-state index is 12.3. The molecule has 0 aromatic carbocycles. The molecule has 0 aliphatic rings. The fourth-order valence-corrected chi connectivity index (χ4v) is 3.82. The fraction of sp³-hybridized carbons (Fsp3) is 0.261. The lowest BCUT2D eigenvalue weighted by atomic mass is 10.1. The van der Waals surface area contributed by atoms with Crippen molar-refractivity contribution < 1.29 is 9.59 Å². The summed E-state index contributed by atoms with van der Waals surface area (Å²) in [4.78, 5) is 33.7. The third-order valence-electron chi connectivity index (χ3n) is 4.88. The zero-order valence-electron chi connectivity index (χ0n) is 18.9. The van der Waals surface area contributed by atoms with Crippen molar-refractivity contribution in [2.45, 2.75) is 26.3 Å². The quantitative estimate of drug-likeness (QED) is 0.455. The Hall–Kier alpha value is -3.79. The van der Waals surface area contributed by atoms with Crippen LogP contribution in [0, 0.1) is 0 Å². The summed E-state index contributed by atoms with van der Waals surface area (Å²) >= 11 is 1.30. The van der Waals surface area contributed by atoms with Gasteiger partial charge < -0.3 is 15.2 Å². The standard InChI is InChI=1S/C23H25N7O2S/c1-23(2,3)30-11-8-15(13-30)21(32)24-12-20(31)27-22-26-19(14-33-22)17-7-5-6-16(25-17)18-9-10-29(4)28-18/h5-11,13-14H,12H2,1-4H3,(H,24,32)(H,26,27,31). The molecular weight excluding hydrogens is 438 g/mol. The van der Waals surface area contributed by atoms with Crippen molar-refractivity contribution in [1.29, 1.82) is 0 Å². The highest BCUT2D eigenvalue weighted by molar-refractivity contribution is 7.14. The molecule has 9 nitrogen and oxygen atoms in total. The van der Waals surface area contributed by atoms with E-state index >= 15 is 0 Å². The maximum absolute atomic E-state index is 12.3. The number of aromatic nitrogens is 5. The minimum Gasteiger partial charge on any atom is -0.348 e. The molecule has 0 spiro atoms. The van der Waals surface area contributed by atoms with Crippen molar-refractivity contribution in [3.05, 3.63) is 59.9 Å². The van der Waals surface area contributed by atoms with Crippen LogP contribution in [-0.2, 0) is 17.4 Å². The summed E-state index contributed by atoms with van der Waals surface area (Å²) in [5, 5.41) is 12.0. The molecule has 0 aliphatic heterocycles. The lowest BCUT2D eigenvalue weighted by Gasteiger charge is -2.20. The zero-order chi connectivity index (χ0) is 23.6. The van der Waals surface area contributed by atoms with Crippen molar-refractivity contribution in [2.75, 3.05) is 11.9 Å². The lowest BCUT2D eigenvalue weighted by molar-refractivity contribution is -0.115. The Kier molecular flexibility index (Phi) is 6.10. The molecule has 4 heterocycles. The highest BCUT2D eigenvalue weighted by atomic mass is 32.1. The highest BCUT2D eigenvalue weighted by Gasteiger charge is 2.16. The van der Waals surface area contributed by atoms with E-state index in [0.717, 1.165) is 11.4 Å². The van der Waals surface area contributed by atoms with Crippen molar-refractivity contribution in [2.24, 2.45) is 7.05 Å². The Morgan fingerprint density at radius 2 is 1.76 bits per heavy atom. The van der Waals surface area contributed by atoms with Gasteiger partial charge in [0.05, 0.1) is 23.5 Å². The summed E-state index contributed by atoms with van der Waals surface area (Å²) in [5.41, 5.74) is 3.25. The molecule has 2 N–H and O–H groups in total. The van der Waals surface area contributed by atoms with E-state index in [0.29, 0.717) is 22.1 Å². The van der Waals surface area contributed by atoms with Crippen LogP contribution in [0.25, 0.3) is 22.8 Å². The summed E-state index contributed by atoms with van der Waals surface area (Å²) < 4.78 is 3.68. The van der Waals surface area contributed by atoms with Gasteiger partial charge in [0.2, 0.25) is 5.91 Å². The molecule has 0 saturated heterocycles. The van der Waals surface area contributed by atoms with Crippen LogP contribution in [-0.4, -0.2) is 42.7 Å². The smallest absolute Gasteiger partial charge is 0.253 e. The number of rotatable bonds is 6. The van der Waals surface area contributed by atoms with Gasteiger partial charge in [0.15, 0.2) is 5.13 Å². The summed E-state index contributed by atoms with van der Waals surface area (Å²) in [6.07, 6.45) is 5.48. The Morgan fingerprint density at radius 1 is 1.00 bits per heavy atom. The van der Waals surface area contributed by atoms with Gasteiger partial charge >= 0.3 is 0 Å². The zero-order valence-corrected chi connectivity index (χ0v) is 19.7. The minimum absolute atomic E-state index is 0.121. The highest BCUT2D eigenvalue weighted by Crippen LogP contribution is 2.25. The van der Waals surface area contributed by atoms with Crippen LogP contribution in [0.3, 0.4) is 0 Å². The van der Waals surface area contributed by atoms with Crippen molar-refractivity contribution in [3.8, 4) is 22.8 Å². The van der Waals surface area contributed by atoms with Crippen LogP contribution in [0.4, 0.5) is 5.13 Å². The minimum atomic E-state index is -0.352. The third-order valence-corrected chi connectivity index (χ3v) is 5.63. The molecule has 4 aromatic heterocycles. The van der Waals surface area contributed by atoms with Gasteiger partial charge in [-0.1, -0.05) is 6.07 Å². The number of anilines is 1. The molecule has 4 aromatic rings. The van der Waals surface area contributed by atoms with E-state index in [1.165, 1.54) is 11.3 Å². The predicted octanol–water partition coefficient (Wildman–Crippen LogP) is 3.53. The van der Waals surface area contributed by atoms with Gasteiger partial charge in [-0.2, -0.15) is 5.10 Å². The molecule has 0 radical (unpaired) electrons. The molecule has 0 saturated carbocycles. The largest absolute Gasteiger partial charge is 0.348 e. The summed E-state index contributed by atoms with van der Waals surface area (Å²) in [6.45, 7) is 6.00. The number of carbonyl (C=O) groups excluding carboxylic acids is 2. The maximum Gasteiger partial charge on any atom is 0.253 e. The average Bonchev–Trinajstić information content (AvgIpc) is 3.52. The van der Waals surface area contributed by atoms with Gasteiger partial charge in [0.25, 0.3) is 5.91 Å². The van der Waals surface area contributed by atoms with Crippen LogP contribution in [0.2, 0.25) is 0 Å². The van der Waals surface area contributed by atoms with Crippen LogP contribution in [0.15, 0.2) is 54.3 Å². The van der Waals surface area contributed by atoms with Crippen LogP contribution in [0.5, 0.6) is 0 Å². The van der Waals surface area contributed by atoms with E-state index in [2.05, 4.69) is 46.5 Å². The molecule has 0 unspecified atom stereocenters. The Bertz CT molecular complexity index is 1300. The summed E-state index contributed by atoms with van der Waals surface area (Å²) in [5.74, 6) is -0.654. The van der Waals surface area contributed by atoms with Gasteiger partial charge in [-0.3, -0.25) is 14.3 Å². The molecule has 0 bridgehead atoms. The van der Waals surface area contributed by atoms with Crippen LogP contribution in [0.1, 0.15) is 31.1 Å². The van der Waals surface area contributed by atoms with Crippen molar-refractivity contribution in [1.82, 2.24) is 29.6 Å². The third kappa shape index (κ3) is 5.35. The fourth-order valence-electron chi connectivity index (χ4n) is 3.09. The van der Waals surface area contributed by atoms with Gasteiger partial charge in [-0.15, -0.1) is 11.3 Å². The van der Waals surface area contributed by atoms with E-state index < -0.39 is 0 Å². The van der Waals surface area contributed by atoms with Crippen LogP contribution < -0.4 is 10.6 Å². The van der Waals surface area contributed by atoms with E-state index in [-0.39, 0.29) is 23.9 Å². The second-order valence-electron chi connectivity index (χ2n) is 8.53. The first-order chi connectivity index (χ1) is 15.7. The normalized spacial score (nSPS) is 11.4. The first kappa shape index (κ1) is 22.4. The number of carbonyl (C=O) groups is 2. The second-order valence-corrected chi connectivity index (χ2v) is 9.39. The topological polar surface area (TPSA) is 107 Å². The molecule has 170 valence electrons. The summed E-state index contributed by atoms with van der Waals surface area (Å²) in [7, 11) is 1.85. The molecule has 4 rings (SSSR count). The molecule has 10 heteroatoms. The average molecular weight is 464 g/mol. The Labute approximate surface area is 195 Å². The van der Waals surface area contributed by atoms with Crippen molar-refractivity contribution in [3.63, 3.8) is 0 Å². The number of amides is 2. The first-order valence-corrected chi connectivity index (χ1v) is 11.3. The number of thiazole rings is 1. The SMILES string of the molecule is Cn1ccc(-c2cccc(-c3csc(NC(=O)CNC(=O)c4ccn(C(C)(C)C)c4)n3)n2)n1. The Morgan fingerprint density at radius 3 is 2.42 bits per heavy atom. The number of aryl methyl sites for hydroxylation is 1. The lowest BCUT2D eigenvalue weighted by Crippen LogP contribution is -2.32.